The third kappa shape index (κ3) is 2.56. The first kappa shape index (κ1) is 14.9. The third-order valence-corrected chi connectivity index (χ3v) is 3.37. The number of halogens is 1. The van der Waals surface area contributed by atoms with E-state index in [2.05, 4.69) is 4.98 Å². The van der Waals surface area contributed by atoms with Gasteiger partial charge in [0.05, 0.1) is 30.0 Å². The second-order valence-electron chi connectivity index (χ2n) is 4.22. The Morgan fingerprint density at radius 2 is 2.14 bits per heavy atom. The van der Waals surface area contributed by atoms with Crippen LogP contribution in [0.1, 0.15) is 18.1 Å². The molecule has 0 saturated heterocycles. The van der Waals surface area contributed by atoms with Crippen LogP contribution in [0.4, 0.5) is 0 Å². The molecule has 7 heteroatoms. The molecule has 1 heterocycles. The zero-order chi connectivity index (χ0) is 15.6. The van der Waals surface area contributed by atoms with Crippen LogP contribution < -0.4 is 16.0 Å². The second kappa shape index (κ2) is 5.85. The molecule has 0 aliphatic rings. The molecule has 21 heavy (non-hydrogen) atoms. The summed E-state index contributed by atoms with van der Waals surface area (Å²) in [6, 6.07) is 6.42. The molecule has 0 saturated carbocycles. The highest BCUT2D eigenvalue weighted by molar-refractivity contribution is 6.30. The highest BCUT2D eigenvalue weighted by atomic mass is 35.5. The molecular formula is C14H12ClN3O3. The van der Waals surface area contributed by atoms with Gasteiger partial charge in [-0.25, -0.2) is 9.36 Å². The van der Waals surface area contributed by atoms with Gasteiger partial charge in [-0.15, -0.1) is 0 Å². The van der Waals surface area contributed by atoms with Gasteiger partial charge in [0, 0.05) is 6.07 Å². The van der Waals surface area contributed by atoms with Crippen LogP contribution in [0.15, 0.2) is 27.8 Å². The minimum absolute atomic E-state index is 0.0383. The zero-order valence-corrected chi connectivity index (χ0v) is 12.2. The molecular weight excluding hydrogens is 294 g/mol. The lowest BCUT2D eigenvalue weighted by atomic mass is 10.2. The van der Waals surface area contributed by atoms with E-state index in [0.717, 1.165) is 4.57 Å². The zero-order valence-electron chi connectivity index (χ0n) is 11.4. The van der Waals surface area contributed by atoms with Crippen LogP contribution in [0.25, 0.3) is 5.69 Å². The van der Waals surface area contributed by atoms with E-state index in [9.17, 15) is 9.59 Å². The Balaban J connectivity index is 2.83. The van der Waals surface area contributed by atoms with Crippen LogP contribution in [0.2, 0.25) is 5.15 Å². The summed E-state index contributed by atoms with van der Waals surface area (Å²) < 4.78 is 6.11. The Hall–Kier alpha value is -2.52. The first-order chi connectivity index (χ1) is 10.0. The van der Waals surface area contributed by atoms with Crippen molar-refractivity contribution in [2.24, 2.45) is 0 Å². The number of ether oxygens (including phenoxy) is 1. The van der Waals surface area contributed by atoms with Gasteiger partial charge in [-0.3, -0.25) is 9.78 Å². The largest absolute Gasteiger partial charge is 0.495 e. The molecule has 0 bridgehead atoms. The first-order valence-corrected chi connectivity index (χ1v) is 6.53. The number of hydrogen-bond donors (Lipinski definition) is 1. The maximum atomic E-state index is 12.4. The number of nitrogens with one attached hydrogen (secondary N) is 1. The summed E-state index contributed by atoms with van der Waals surface area (Å²) in [4.78, 5) is 26.9. The fraction of sp³-hybridized carbons (Fsp3) is 0.214. The molecule has 1 aromatic heterocycles. The minimum Gasteiger partial charge on any atom is -0.495 e. The predicted molar refractivity (Wildman–Crippen MR) is 78.3 cm³/mol. The summed E-state index contributed by atoms with van der Waals surface area (Å²) in [5.74, 6) is 0.256. The average molecular weight is 306 g/mol. The van der Waals surface area contributed by atoms with Gasteiger partial charge in [0.1, 0.15) is 10.9 Å². The summed E-state index contributed by atoms with van der Waals surface area (Å²) in [5.41, 5.74) is -0.235. The average Bonchev–Trinajstić information content (AvgIpc) is 2.47. The van der Waals surface area contributed by atoms with Crippen LogP contribution in [0.3, 0.4) is 0 Å². The molecule has 0 spiro atoms. The van der Waals surface area contributed by atoms with Gasteiger partial charge in [-0.2, -0.15) is 5.26 Å². The van der Waals surface area contributed by atoms with Crippen molar-refractivity contribution < 1.29 is 4.74 Å². The Kier molecular flexibility index (Phi) is 4.15. The lowest BCUT2D eigenvalue weighted by Crippen LogP contribution is -2.36. The van der Waals surface area contributed by atoms with Gasteiger partial charge in [-0.1, -0.05) is 18.5 Å². The number of H-pyrrole nitrogens is 1. The van der Waals surface area contributed by atoms with Crippen molar-refractivity contribution in [1.82, 2.24) is 9.55 Å². The number of hydrogen-bond acceptors (Lipinski definition) is 4. The van der Waals surface area contributed by atoms with E-state index in [1.165, 1.54) is 25.3 Å². The van der Waals surface area contributed by atoms with Crippen molar-refractivity contribution in [2.75, 3.05) is 7.11 Å². The topological polar surface area (TPSA) is 87.9 Å². The van der Waals surface area contributed by atoms with Gasteiger partial charge in [0.2, 0.25) is 0 Å². The first-order valence-electron chi connectivity index (χ1n) is 6.15. The van der Waals surface area contributed by atoms with E-state index >= 15 is 0 Å². The van der Waals surface area contributed by atoms with E-state index in [1.54, 1.807) is 6.92 Å². The fourth-order valence-corrected chi connectivity index (χ4v) is 2.30. The molecule has 2 aromatic rings. The lowest BCUT2D eigenvalue weighted by molar-refractivity contribution is 0.412. The van der Waals surface area contributed by atoms with Crippen molar-refractivity contribution in [3.05, 3.63) is 55.3 Å². The maximum Gasteiger partial charge on any atom is 0.334 e. The van der Waals surface area contributed by atoms with E-state index in [-0.39, 0.29) is 16.6 Å². The van der Waals surface area contributed by atoms with Crippen LogP contribution in [0, 0.1) is 11.3 Å². The van der Waals surface area contributed by atoms with Crippen molar-refractivity contribution >= 4 is 11.6 Å². The monoisotopic (exact) mass is 305 g/mol. The number of rotatable bonds is 3. The molecule has 1 N–H and O–H groups in total. The van der Waals surface area contributed by atoms with Crippen molar-refractivity contribution in [3.8, 4) is 17.5 Å². The third-order valence-electron chi connectivity index (χ3n) is 3.05. The number of aromatic nitrogens is 2. The van der Waals surface area contributed by atoms with Crippen LogP contribution in [-0.4, -0.2) is 16.7 Å². The van der Waals surface area contributed by atoms with Crippen LogP contribution in [-0.2, 0) is 6.42 Å². The van der Waals surface area contributed by atoms with E-state index in [0.29, 0.717) is 17.5 Å². The molecule has 0 amide bonds. The number of nitrogens with zero attached hydrogens (tertiary/aromatic N) is 2. The van der Waals surface area contributed by atoms with Crippen molar-refractivity contribution in [1.29, 1.82) is 5.26 Å². The molecule has 1 aromatic carbocycles. The summed E-state index contributed by atoms with van der Waals surface area (Å²) >= 11 is 5.87. The number of benzene rings is 1. The minimum atomic E-state index is -0.662. The van der Waals surface area contributed by atoms with Gasteiger partial charge in [-0.05, 0) is 18.6 Å². The van der Waals surface area contributed by atoms with Crippen molar-refractivity contribution in [3.63, 3.8) is 0 Å². The molecule has 0 radical (unpaired) electrons. The standard InChI is InChI=1S/C14H12ClN3O3/c1-3-9-12(15)17-14(20)18(13(9)19)10-5-4-8(7-16)6-11(10)21-2/h4-6H,3H2,1-2H3,(H,17,20). The molecule has 2 rings (SSSR count). The Labute approximate surface area is 125 Å². The molecule has 108 valence electrons. The summed E-state index contributed by atoms with van der Waals surface area (Å²) in [6.45, 7) is 1.77. The highest BCUT2D eigenvalue weighted by Crippen LogP contribution is 2.22. The Morgan fingerprint density at radius 1 is 1.43 bits per heavy atom. The fourth-order valence-electron chi connectivity index (χ4n) is 2.00. The highest BCUT2D eigenvalue weighted by Gasteiger charge is 2.16. The maximum absolute atomic E-state index is 12.4. The summed E-state index contributed by atoms with van der Waals surface area (Å²) in [7, 11) is 1.40. The molecule has 0 atom stereocenters. The summed E-state index contributed by atoms with van der Waals surface area (Å²) in [5, 5.41) is 8.93. The smallest absolute Gasteiger partial charge is 0.334 e. The molecule has 6 nitrogen and oxygen atoms in total. The summed E-state index contributed by atoms with van der Waals surface area (Å²) in [6.07, 6.45) is 0.382. The predicted octanol–water partition coefficient (Wildman–Crippen LogP) is 1.62. The van der Waals surface area contributed by atoms with Gasteiger partial charge in [0.15, 0.2) is 0 Å². The number of nitriles is 1. The van der Waals surface area contributed by atoms with E-state index in [1.807, 2.05) is 6.07 Å². The lowest BCUT2D eigenvalue weighted by Gasteiger charge is -2.12. The number of aromatic amines is 1. The molecule has 0 aliphatic carbocycles. The van der Waals surface area contributed by atoms with E-state index < -0.39 is 11.2 Å². The van der Waals surface area contributed by atoms with Crippen molar-refractivity contribution in [2.45, 2.75) is 13.3 Å². The number of methoxy groups -OCH3 is 1. The molecule has 0 aliphatic heterocycles. The van der Waals surface area contributed by atoms with Gasteiger partial charge in [0.25, 0.3) is 5.56 Å². The van der Waals surface area contributed by atoms with E-state index in [4.69, 9.17) is 21.6 Å². The van der Waals surface area contributed by atoms with Gasteiger partial charge < -0.3 is 4.74 Å². The quantitative estimate of drug-likeness (QED) is 0.873. The molecule has 0 fully saturated rings. The normalized spacial score (nSPS) is 10.2. The second-order valence-corrected chi connectivity index (χ2v) is 4.59. The Bertz CT molecular complexity index is 846. The Morgan fingerprint density at radius 3 is 2.71 bits per heavy atom. The van der Waals surface area contributed by atoms with Gasteiger partial charge >= 0.3 is 5.69 Å². The van der Waals surface area contributed by atoms with Crippen LogP contribution >= 0.6 is 11.6 Å². The molecule has 0 unspecified atom stereocenters. The van der Waals surface area contributed by atoms with Crippen LogP contribution in [0.5, 0.6) is 5.75 Å². The SMILES string of the molecule is CCc1c(Cl)[nH]c(=O)n(-c2ccc(C#N)cc2OC)c1=O.